The summed E-state index contributed by atoms with van der Waals surface area (Å²) >= 11 is 0. The Bertz CT molecular complexity index is 1140. The zero-order chi connectivity index (χ0) is 23.3. The van der Waals surface area contributed by atoms with E-state index in [0.717, 1.165) is 6.42 Å². The fourth-order valence-electron chi connectivity index (χ4n) is 3.33. The van der Waals surface area contributed by atoms with Crippen LogP contribution in [0.4, 0.5) is 0 Å². The normalized spacial score (nSPS) is 11.7. The number of ketones is 1. The van der Waals surface area contributed by atoms with E-state index in [2.05, 4.69) is 4.98 Å². The molecule has 32 heavy (non-hydrogen) atoms. The molecule has 0 saturated heterocycles. The number of pyridine rings is 1. The molecule has 2 aromatic carbocycles. The largest absolute Gasteiger partial charge is 0.493 e. The van der Waals surface area contributed by atoms with E-state index >= 15 is 0 Å². The van der Waals surface area contributed by atoms with Crippen LogP contribution in [-0.4, -0.2) is 44.2 Å². The third kappa shape index (κ3) is 4.82. The first kappa shape index (κ1) is 23.1. The van der Waals surface area contributed by atoms with Gasteiger partial charge in [-0.05, 0) is 48.6 Å². The molecule has 0 radical (unpaired) electrons. The smallest absolute Gasteiger partial charge is 0.310 e. The Morgan fingerprint density at radius 1 is 1.00 bits per heavy atom. The molecule has 0 amide bonds. The summed E-state index contributed by atoms with van der Waals surface area (Å²) in [6, 6.07) is 10.5. The molecule has 0 spiro atoms. The summed E-state index contributed by atoms with van der Waals surface area (Å²) in [6.07, 6.45) is 2.43. The first-order valence-electron chi connectivity index (χ1n) is 10.3. The van der Waals surface area contributed by atoms with Gasteiger partial charge in [-0.15, -0.1) is 0 Å². The van der Waals surface area contributed by atoms with Crippen molar-refractivity contribution in [3.63, 3.8) is 0 Å². The molecule has 1 atom stereocenters. The molecular formula is C25H27NO6. The number of esters is 1. The summed E-state index contributed by atoms with van der Waals surface area (Å²) < 4.78 is 21.5. The molecule has 0 fully saturated rings. The van der Waals surface area contributed by atoms with Crippen LogP contribution in [0.5, 0.6) is 17.2 Å². The summed E-state index contributed by atoms with van der Waals surface area (Å²) in [5.41, 5.74) is 1.32. The van der Waals surface area contributed by atoms with E-state index in [0.29, 0.717) is 39.1 Å². The van der Waals surface area contributed by atoms with Crippen LogP contribution in [0, 0.1) is 0 Å². The lowest BCUT2D eigenvalue weighted by Gasteiger charge is -2.15. The van der Waals surface area contributed by atoms with Gasteiger partial charge in [-0.3, -0.25) is 14.6 Å². The van der Waals surface area contributed by atoms with Crippen LogP contribution >= 0.6 is 0 Å². The topological polar surface area (TPSA) is 84.0 Å². The number of benzene rings is 2. The molecule has 1 unspecified atom stereocenters. The van der Waals surface area contributed by atoms with Crippen LogP contribution in [-0.2, 0) is 16.0 Å². The number of hydrogen-bond acceptors (Lipinski definition) is 7. The molecule has 0 aliphatic carbocycles. The molecule has 3 rings (SSSR count). The number of hydrogen-bond donors (Lipinski definition) is 0. The fraction of sp³-hybridized carbons (Fsp3) is 0.320. The molecule has 0 N–H and O–H groups in total. The molecule has 168 valence electrons. The highest BCUT2D eigenvalue weighted by Crippen LogP contribution is 2.35. The van der Waals surface area contributed by atoms with Gasteiger partial charge in [0.15, 0.2) is 11.5 Å². The second-order valence-electron chi connectivity index (χ2n) is 7.33. The number of aromatic nitrogens is 1. The SMILES string of the molecule is CCC(C)Oc1cccc(C(=O)c2ncc(CC(=O)OC)c3cc(OC)c(OC)cc23)c1. The number of methoxy groups -OCH3 is 3. The van der Waals surface area contributed by atoms with Crippen molar-refractivity contribution in [3.8, 4) is 17.2 Å². The quantitative estimate of drug-likeness (QED) is 0.363. The minimum atomic E-state index is -0.406. The number of carbonyl (C=O) groups excluding carboxylic acids is 2. The molecule has 7 nitrogen and oxygen atoms in total. The van der Waals surface area contributed by atoms with Gasteiger partial charge in [0.05, 0.1) is 33.9 Å². The molecule has 1 aromatic heterocycles. The molecule has 0 saturated carbocycles. The van der Waals surface area contributed by atoms with Crippen molar-refractivity contribution in [2.75, 3.05) is 21.3 Å². The monoisotopic (exact) mass is 437 g/mol. The maximum atomic E-state index is 13.4. The predicted octanol–water partition coefficient (Wildman–Crippen LogP) is 4.38. The Balaban J connectivity index is 2.14. The molecule has 0 aliphatic rings. The van der Waals surface area contributed by atoms with Crippen molar-refractivity contribution < 1.29 is 28.5 Å². The zero-order valence-corrected chi connectivity index (χ0v) is 18.9. The molecule has 0 aliphatic heterocycles. The number of fused-ring (bicyclic) bond motifs is 1. The summed E-state index contributed by atoms with van der Waals surface area (Å²) in [6.45, 7) is 4.01. The van der Waals surface area contributed by atoms with Crippen molar-refractivity contribution >= 4 is 22.5 Å². The van der Waals surface area contributed by atoms with Crippen molar-refractivity contribution in [1.29, 1.82) is 0 Å². The summed E-state index contributed by atoms with van der Waals surface area (Å²) in [5, 5.41) is 1.22. The van der Waals surface area contributed by atoms with E-state index < -0.39 is 5.97 Å². The van der Waals surface area contributed by atoms with Crippen LogP contribution < -0.4 is 14.2 Å². The van der Waals surface area contributed by atoms with Crippen LogP contribution in [0.2, 0.25) is 0 Å². The van der Waals surface area contributed by atoms with E-state index in [4.69, 9.17) is 18.9 Å². The van der Waals surface area contributed by atoms with Crippen LogP contribution in [0.25, 0.3) is 10.8 Å². The third-order valence-electron chi connectivity index (χ3n) is 5.26. The van der Waals surface area contributed by atoms with Crippen LogP contribution in [0.3, 0.4) is 0 Å². The first-order chi connectivity index (χ1) is 15.4. The van der Waals surface area contributed by atoms with Crippen molar-refractivity contribution in [3.05, 3.63) is 59.4 Å². The van der Waals surface area contributed by atoms with Crippen LogP contribution in [0.15, 0.2) is 42.6 Å². The Morgan fingerprint density at radius 3 is 2.31 bits per heavy atom. The van der Waals surface area contributed by atoms with Crippen molar-refractivity contribution in [1.82, 2.24) is 4.98 Å². The lowest BCUT2D eigenvalue weighted by atomic mass is 9.98. The van der Waals surface area contributed by atoms with Gasteiger partial charge in [-0.2, -0.15) is 0 Å². The highest BCUT2D eigenvalue weighted by Gasteiger charge is 2.20. The number of nitrogens with zero attached hydrogens (tertiary/aromatic N) is 1. The van der Waals surface area contributed by atoms with Gasteiger partial charge in [-0.25, -0.2) is 0 Å². The first-order valence-corrected chi connectivity index (χ1v) is 10.3. The minimum Gasteiger partial charge on any atom is -0.493 e. The lowest BCUT2D eigenvalue weighted by molar-refractivity contribution is -0.139. The lowest BCUT2D eigenvalue weighted by Crippen LogP contribution is -2.11. The van der Waals surface area contributed by atoms with E-state index in [9.17, 15) is 9.59 Å². The highest BCUT2D eigenvalue weighted by atomic mass is 16.5. The van der Waals surface area contributed by atoms with Crippen molar-refractivity contribution in [2.24, 2.45) is 0 Å². The predicted molar refractivity (Wildman–Crippen MR) is 121 cm³/mol. The highest BCUT2D eigenvalue weighted by molar-refractivity contribution is 6.16. The molecule has 3 aromatic rings. The van der Waals surface area contributed by atoms with Crippen molar-refractivity contribution in [2.45, 2.75) is 32.8 Å². The van der Waals surface area contributed by atoms with Crippen LogP contribution in [0.1, 0.15) is 41.9 Å². The number of rotatable bonds is 9. The number of carbonyl (C=O) groups is 2. The van der Waals surface area contributed by atoms with Gasteiger partial charge in [0.25, 0.3) is 0 Å². The Kier molecular flexibility index (Phi) is 7.30. The average molecular weight is 437 g/mol. The van der Waals surface area contributed by atoms with Gasteiger partial charge in [0, 0.05) is 17.1 Å². The van der Waals surface area contributed by atoms with E-state index in [1.165, 1.54) is 27.5 Å². The Morgan fingerprint density at radius 2 is 1.69 bits per heavy atom. The maximum Gasteiger partial charge on any atom is 0.310 e. The minimum absolute atomic E-state index is 0.0161. The third-order valence-corrected chi connectivity index (χ3v) is 5.26. The Hall–Kier alpha value is -3.61. The second kappa shape index (κ2) is 10.1. The molecule has 7 heteroatoms. The fourth-order valence-corrected chi connectivity index (χ4v) is 3.33. The maximum absolute atomic E-state index is 13.4. The standard InChI is InChI=1S/C25H27NO6/c1-6-15(2)32-18-9-7-8-16(10-18)25(28)24-20-13-22(30-4)21(29-3)12-19(20)17(14-26-24)11-23(27)31-5/h7-10,12-15H,6,11H2,1-5H3. The van der Waals surface area contributed by atoms with E-state index in [-0.39, 0.29) is 24.0 Å². The van der Waals surface area contributed by atoms with Gasteiger partial charge in [0.1, 0.15) is 11.4 Å². The van der Waals surface area contributed by atoms with E-state index in [1.54, 1.807) is 30.3 Å². The van der Waals surface area contributed by atoms with Gasteiger partial charge >= 0.3 is 5.97 Å². The average Bonchev–Trinajstić information content (AvgIpc) is 2.82. The molecular weight excluding hydrogens is 410 g/mol. The Labute approximate surface area is 187 Å². The molecule has 0 bridgehead atoms. The summed E-state index contributed by atoms with van der Waals surface area (Å²) in [5.74, 6) is 0.897. The summed E-state index contributed by atoms with van der Waals surface area (Å²) in [7, 11) is 4.38. The second-order valence-corrected chi connectivity index (χ2v) is 7.33. The van der Waals surface area contributed by atoms with Gasteiger partial charge in [0.2, 0.25) is 5.78 Å². The van der Waals surface area contributed by atoms with E-state index in [1.807, 2.05) is 19.9 Å². The zero-order valence-electron chi connectivity index (χ0n) is 18.9. The number of ether oxygens (including phenoxy) is 4. The summed E-state index contributed by atoms with van der Waals surface area (Å²) in [4.78, 5) is 29.7. The van der Waals surface area contributed by atoms with Gasteiger partial charge < -0.3 is 18.9 Å². The molecule has 1 heterocycles. The van der Waals surface area contributed by atoms with Gasteiger partial charge in [-0.1, -0.05) is 19.1 Å².